The summed E-state index contributed by atoms with van der Waals surface area (Å²) in [5, 5.41) is 1.50. The molecule has 0 amide bonds. The average Bonchev–Trinajstić information content (AvgIpc) is 1.64. The molecule has 54 valence electrons. The maximum absolute atomic E-state index is 4.08. The number of allylic oxidation sites excluding steroid dienone is 1. The van der Waals surface area contributed by atoms with Crippen LogP contribution in [0.2, 0.25) is 19.6 Å². The van der Waals surface area contributed by atoms with Gasteiger partial charge in [0.15, 0.2) is 0 Å². The lowest BCUT2D eigenvalue weighted by atomic mass is 10.3. The van der Waals surface area contributed by atoms with Gasteiger partial charge in [0.1, 0.15) is 0 Å². The van der Waals surface area contributed by atoms with Crippen LogP contribution < -0.4 is 0 Å². The Kier molecular flexibility index (Phi) is 3.19. The molecule has 0 fully saturated rings. The molecule has 0 aromatic heterocycles. The van der Waals surface area contributed by atoms with E-state index >= 15 is 0 Å². The van der Waals surface area contributed by atoms with Crippen molar-refractivity contribution in [2.75, 3.05) is 0 Å². The van der Waals surface area contributed by atoms with Crippen molar-refractivity contribution < 1.29 is 0 Å². The maximum Gasteiger partial charge on any atom is 0.0716 e. The molecule has 0 saturated carbocycles. The van der Waals surface area contributed by atoms with Crippen LogP contribution in [-0.4, -0.2) is 8.07 Å². The third kappa shape index (κ3) is 3.52. The SMILES string of the molecule is C=C(CCC)[Si](C)(C)C. The number of hydrogen-bond acceptors (Lipinski definition) is 0. The molecule has 1 heteroatoms. The fraction of sp³-hybridized carbons (Fsp3) is 0.750. The van der Waals surface area contributed by atoms with Crippen LogP contribution in [0.25, 0.3) is 0 Å². The molecule has 0 radical (unpaired) electrons. The molecule has 0 aliphatic heterocycles. The minimum Gasteiger partial charge on any atom is -0.104 e. The van der Waals surface area contributed by atoms with Gasteiger partial charge in [-0.05, 0) is 6.42 Å². The first-order valence-electron chi connectivity index (χ1n) is 3.66. The van der Waals surface area contributed by atoms with Gasteiger partial charge >= 0.3 is 0 Å². The summed E-state index contributed by atoms with van der Waals surface area (Å²) in [7, 11) is -0.976. The Bertz CT molecular complexity index is 97.6. The van der Waals surface area contributed by atoms with Crippen molar-refractivity contribution in [3.63, 3.8) is 0 Å². The third-order valence-electron chi connectivity index (χ3n) is 1.61. The summed E-state index contributed by atoms with van der Waals surface area (Å²) in [6, 6.07) is 0. The normalized spacial score (nSPS) is 11.6. The highest BCUT2D eigenvalue weighted by Gasteiger charge is 2.15. The smallest absolute Gasteiger partial charge is 0.0716 e. The highest BCUT2D eigenvalue weighted by Crippen LogP contribution is 2.16. The predicted molar refractivity (Wildman–Crippen MR) is 47.4 cm³/mol. The molecular weight excluding hydrogens is 124 g/mol. The molecule has 0 saturated heterocycles. The third-order valence-corrected chi connectivity index (χ3v) is 3.98. The summed E-state index contributed by atoms with van der Waals surface area (Å²) in [4.78, 5) is 0. The van der Waals surface area contributed by atoms with Gasteiger partial charge in [0, 0.05) is 0 Å². The monoisotopic (exact) mass is 142 g/mol. The van der Waals surface area contributed by atoms with Crippen LogP contribution in [0.1, 0.15) is 19.8 Å². The van der Waals surface area contributed by atoms with Crippen molar-refractivity contribution in [3.8, 4) is 0 Å². The minimum atomic E-state index is -0.976. The van der Waals surface area contributed by atoms with Crippen molar-refractivity contribution >= 4 is 8.07 Å². The minimum absolute atomic E-state index is 0.976. The van der Waals surface area contributed by atoms with E-state index in [-0.39, 0.29) is 0 Å². The van der Waals surface area contributed by atoms with Crippen molar-refractivity contribution in [1.82, 2.24) is 0 Å². The molecule has 0 aliphatic rings. The van der Waals surface area contributed by atoms with E-state index in [2.05, 4.69) is 33.1 Å². The van der Waals surface area contributed by atoms with Gasteiger partial charge < -0.3 is 0 Å². The van der Waals surface area contributed by atoms with Crippen molar-refractivity contribution in [2.24, 2.45) is 0 Å². The highest BCUT2D eigenvalue weighted by atomic mass is 28.3. The summed E-state index contributed by atoms with van der Waals surface area (Å²) < 4.78 is 0. The molecule has 0 aromatic rings. The van der Waals surface area contributed by atoms with Crippen LogP contribution in [0.3, 0.4) is 0 Å². The molecule has 0 nitrogen and oxygen atoms in total. The second-order valence-corrected chi connectivity index (χ2v) is 8.81. The molecule has 0 unspecified atom stereocenters. The molecule has 0 spiro atoms. The van der Waals surface area contributed by atoms with E-state index in [1.165, 1.54) is 18.0 Å². The zero-order valence-corrected chi connectivity index (χ0v) is 8.12. The van der Waals surface area contributed by atoms with Crippen LogP contribution in [0.15, 0.2) is 11.8 Å². The number of rotatable bonds is 3. The van der Waals surface area contributed by atoms with E-state index in [1.807, 2.05) is 0 Å². The fourth-order valence-electron chi connectivity index (χ4n) is 0.677. The van der Waals surface area contributed by atoms with E-state index in [1.54, 1.807) is 0 Å². The van der Waals surface area contributed by atoms with E-state index in [9.17, 15) is 0 Å². The van der Waals surface area contributed by atoms with Crippen LogP contribution in [-0.2, 0) is 0 Å². The van der Waals surface area contributed by atoms with Gasteiger partial charge in [-0.25, -0.2) is 0 Å². The van der Waals surface area contributed by atoms with Gasteiger partial charge in [0.25, 0.3) is 0 Å². The standard InChI is InChI=1S/C8H18Si/c1-6-7-8(2)9(3,4)5/h2,6-7H2,1,3-5H3. The van der Waals surface area contributed by atoms with Crippen molar-refractivity contribution in [2.45, 2.75) is 39.4 Å². The summed E-state index contributed by atoms with van der Waals surface area (Å²) >= 11 is 0. The number of hydrogen-bond donors (Lipinski definition) is 0. The van der Waals surface area contributed by atoms with Gasteiger partial charge in [-0.1, -0.05) is 38.2 Å². The Balaban J connectivity index is 3.74. The lowest BCUT2D eigenvalue weighted by molar-refractivity contribution is 0.939. The molecule has 0 N–H and O–H groups in total. The molecule has 0 aromatic carbocycles. The highest BCUT2D eigenvalue weighted by molar-refractivity contribution is 6.82. The summed E-state index contributed by atoms with van der Waals surface area (Å²) in [5.41, 5.74) is 0. The van der Waals surface area contributed by atoms with Gasteiger partial charge in [0.05, 0.1) is 8.07 Å². The van der Waals surface area contributed by atoms with Gasteiger partial charge in [0.2, 0.25) is 0 Å². The molecule has 0 atom stereocenters. The maximum atomic E-state index is 4.08. The Morgan fingerprint density at radius 1 is 1.33 bits per heavy atom. The summed E-state index contributed by atoms with van der Waals surface area (Å²) in [6.07, 6.45) is 2.48. The van der Waals surface area contributed by atoms with Crippen LogP contribution in [0.5, 0.6) is 0 Å². The van der Waals surface area contributed by atoms with E-state index in [0.29, 0.717) is 0 Å². The fourth-order valence-corrected chi connectivity index (χ4v) is 1.68. The molecule has 9 heavy (non-hydrogen) atoms. The quantitative estimate of drug-likeness (QED) is 0.531. The predicted octanol–water partition coefficient (Wildman–Crippen LogP) is 3.22. The molecule has 0 aliphatic carbocycles. The Labute approximate surface area is 60.0 Å². The molecule has 0 rings (SSSR count). The lowest BCUT2D eigenvalue weighted by Gasteiger charge is -2.18. The molecular formula is C8H18Si. The van der Waals surface area contributed by atoms with E-state index in [4.69, 9.17) is 0 Å². The van der Waals surface area contributed by atoms with E-state index < -0.39 is 8.07 Å². The average molecular weight is 142 g/mol. The first kappa shape index (κ1) is 8.96. The zero-order chi connectivity index (χ0) is 7.49. The van der Waals surface area contributed by atoms with Gasteiger partial charge in [-0.2, -0.15) is 0 Å². The molecule has 0 heterocycles. The Morgan fingerprint density at radius 3 is 1.89 bits per heavy atom. The Morgan fingerprint density at radius 2 is 1.78 bits per heavy atom. The van der Waals surface area contributed by atoms with Crippen LogP contribution in [0.4, 0.5) is 0 Å². The van der Waals surface area contributed by atoms with Crippen LogP contribution in [0, 0.1) is 0 Å². The topological polar surface area (TPSA) is 0 Å². The van der Waals surface area contributed by atoms with Crippen molar-refractivity contribution in [1.29, 1.82) is 0 Å². The second-order valence-electron chi connectivity index (χ2n) is 3.60. The van der Waals surface area contributed by atoms with Gasteiger partial charge in [-0.3, -0.25) is 0 Å². The lowest BCUT2D eigenvalue weighted by Crippen LogP contribution is -2.22. The first-order chi connectivity index (χ1) is 3.98. The molecule has 0 bridgehead atoms. The van der Waals surface area contributed by atoms with E-state index in [0.717, 1.165) is 0 Å². The zero-order valence-electron chi connectivity index (χ0n) is 7.12. The second kappa shape index (κ2) is 3.21. The van der Waals surface area contributed by atoms with Gasteiger partial charge in [-0.15, -0.1) is 6.58 Å². The Hall–Kier alpha value is -0.0431. The van der Waals surface area contributed by atoms with Crippen LogP contribution >= 0.6 is 0 Å². The summed E-state index contributed by atoms with van der Waals surface area (Å²) in [6.45, 7) is 13.3. The van der Waals surface area contributed by atoms with Crippen molar-refractivity contribution in [3.05, 3.63) is 11.8 Å². The summed E-state index contributed by atoms with van der Waals surface area (Å²) in [5.74, 6) is 0. The first-order valence-corrected chi connectivity index (χ1v) is 7.16. The largest absolute Gasteiger partial charge is 0.104 e.